The summed E-state index contributed by atoms with van der Waals surface area (Å²) >= 11 is 0. The van der Waals surface area contributed by atoms with Gasteiger partial charge in [0.2, 0.25) is 5.83 Å². The Morgan fingerprint density at radius 2 is 2.33 bits per heavy atom. The van der Waals surface area contributed by atoms with Crippen LogP contribution in [0.5, 0.6) is 0 Å². The number of hydrogen-bond acceptors (Lipinski definition) is 2. The van der Waals surface area contributed by atoms with Crippen LogP contribution in [0.4, 0.5) is 8.78 Å². The second kappa shape index (κ2) is 4.00. The minimum Gasteiger partial charge on any atom is -0.461 e. The smallest absolute Gasteiger partial charge is 0.369 e. The molecule has 0 atom stereocenters. The molecular formula is C5H6F2O2. The maximum absolute atomic E-state index is 11.7. The van der Waals surface area contributed by atoms with Crippen LogP contribution >= 0.6 is 0 Å². The van der Waals surface area contributed by atoms with E-state index in [-0.39, 0.29) is 6.61 Å². The van der Waals surface area contributed by atoms with Crippen LogP contribution in [0.1, 0.15) is 6.92 Å². The van der Waals surface area contributed by atoms with E-state index in [9.17, 15) is 13.6 Å². The summed E-state index contributed by atoms with van der Waals surface area (Å²) < 4.78 is 26.9. The predicted octanol–water partition coefficient (Wildman–Crippen LogP) is 1.33. The second-order valence-corrected chi connectivity index (χ2v) is 1.18. The molecule has 0 rings (SSSR count). The molecule has 0 aliphatic rings. The van der Waals surface area contributed by atoms with Crippen LogP contribution in [0.15, 0.2) is 12.2 Å². The van der Waals surface area contributed by atoms with Crippen molar-refractivity contribution in [3.05, 3.63) is 12.2 Å². The average molecular weight is 136 g/mol. The standard InChI is InChI=1S/C5H6F2O2/c1-2-9-5(8)4(7)3-6/h3H,2H2,1H3. The molecule has 0 spiro atoms. The van der Waals surface area contributed by atoms with Gasteiger partial charge < -0.3 is 4.74 Å². The summed E-state index contributed by atoms with van der Waals surface area (Å²) in [5.41, 5.74) is 0. The molecule has 4 heteroatoms. The van der Waals surface area contributed by atoms with Crippen molar-refractivity contribution < 1.29 is 18.3 Å². The average Bonchev–Trinajstić information content (AvgIpc) is 1.87. The van der Waals surface area contributed by atoms with Gasteiger partial charge in [-0.1, -0.05) is 0 Å². The molecule has 52 valence electrons. The fraction of sp³-hybridized carbons (Fsp3) is 0.400. The van der Waals surface area contributed by atoms with Gasteiger partial charge in [0.05, 0.1) is 6.61 Å². The Balaban J connectivity index is 3.74. The largest absolute Gasteiger partial charge is 0.461 e. The predicted molar refractivity (Wildman–Crippen MR) is 26.9 cm³/mol. The topological polar surface area (TPSA) is 26.3 Å². The van der Waals surface area contributed by atoms with Gasteiger partial charge in [-0.3, -0.25) is 0 Å². The highest BCUT2D eigenvalue weighted by molar-refractivity contribution is 5.85. The number of esters is 1. The van der Waals surface area contributed by atoms with E-state index < -0.39 is 18.1 Å². The zero-order chi connectivity index (χ0) is 7.28. The fourth-order valence-corrected chi connectivity index (χ4v) is 0.245. The van der Waals surface area contributed by atoms with Crippen LogP contribution in [-0.4, -0.2) is 12.6 Å². The third-order valence-electron chi connectivity index (χ3n) is 0.566. The number of rotatable bonds is 2. The Bertz CT molecular complexity index is 131. The quantitative estimate of drug-likeness (QED) is 0.422. The van der Waals surface area contributed by atoms with E-state index >= 15 is 0 Å². The third kappa shape index (κ3) is 2.79. The van der Waals surface area contributed by atoms with Gasteiger partial charge in [-0.15, -0.1) is 0 Å². The van der Waals surface area contributed by atoms with Crippen LogP contribution in [0.2, 0.25) is 0 Å². The minimum absolute atomic E-state index is 0.0418. The van der Waals surface area contributed by atoms with Gasteiger partial charge in [-0.2, -0.15) is 4.39 Å². The maximum Gasteiger partial charge on any atom is 0.369 e. The van der Waals surface area contributed by atoms with Crippen molar-refractivity contribution >= 4 is 5.97 Å². The lowest BCUT2D eigenvalue weighted by atomic mass is 10.6. The van der Waals surface area contributed by atoms with E-state index in [4.69, 9.17) is 0 Å². The van der Waals surface area contributed by atoms with Gasteiger partial charge in [0.25, 0.3) is 0 Å². The van der Waals surface area contributed by atoms with Gasteiger partial charge in [0.15, 0.2) is 0 Å². The lowest BCUT2D eigenvalue weighted by Gasteiger charge is -1.94. The SMILES string of the molecule is CCOC(=O)C(F)=CF. The molecule has 0 aliphatic heterocycles. The summed E-state index contributed by atoms with van der Waals surface area (Å²) in [6.45, 7) is 1.55. The summed E-state index contributed by atoms with van der Waals surface area (Å²) in [7, 11) is 0. The number of carbonyl (C=O) groups excluding carboxylic acids is 1. The summed E-state index contributed by atoms with van der Waals surface area (Å²) in [6, 6.07) is 0. The molecule has 0 aliphatic carbocycles. The third-order valence-corrected chi connectivity index (χ3v) is 0.566. The van der Waals surface area contributed by atoms with E-state index in [1.807, 2.05) is 0 Å². The Hall–Kier alpha value is -0.930. The van der Waals surface area contributed by atoms with E-state index in [0.717, 1.165) is 0 Å². The highest BCUT2D eigenvalue weighted by Gasteiger charge is 2.07. The molecule has 0 N–H and O–H groups in total. The highest BCUT2D eigenvalue weighted by Crippen LogP contribution is 1.98. The van der Waals surface area contributed by atoms with Crippen LogP contribution in [-0.2, 0) is 9.53 Å². The lowest BCUT2D eigenvalue weighted by Crippen LogP contribution is -2.03. The molecule has 0 heterocycles. The highest BCUT2D eigenvalue weighted by atomic mass is 19.2. The number of ether oxygens (including phenoxy) is 1. The molecule has 0 aromatic rings. The van der Waals surface area contributed by atoms with E-state index in [0.29, 0.717) is 0 Å². The van der Waals surface area contributed by atoms with E-state index in [2.05, 4.69) is 4.74 Å². The molecule has 0 bridgehead atoms. The summed E-state index contributed by atoms with van der Waals surface area (Å²) in [4.78, 5) is 10.1. The monoisotopic (exact) mass is 136 g/mol. The van der Waals surface area contributed by atoms with Crippen LogP contribution in [0, 0.1) is 0 Å². The molecule has 0 fully saturated rings. The van der Waals surface area contributed by atoms with Gasteiger partial charge in [-0.05, 0) is 6.92 Å². The number of carbonyl (C=O) groups is 1. The number of hydrogen-bond donors (Lipinski definition) is 0. The van der Waals surface area contributed by atoms with Gasteiger partial charge in [0.1, 0.15) is 6.33 Å². The first-order valence-electron chi connectivity index (χ1n) is 2.35. The molecule has 0 aromatic carbocycles. The molecule has 0 aromatic heterocycles. The zero-order valence-electron chi connectivity index (χ0n) is 4.86. The van der Waals surface area contributed by atoms with Crippen LogP contribution in [0.25, 0.3) is 0 Å². The Morgan fingerprint density at radius 1 is 1.78 bits per heavy atom. The molecule has 0 amide bonds. The molecule has 0 unspecified atom stereocenters. The Kier molecular flexibility index (Phi) is 3.59. The second-order valence-electron chi connectivity index (χ2n) is 1.18. The van der Waals surface area contributed by atoms with Crippen LogP contribution < -0.4 is 0 Å². The first kappa shape index (κ1) is 8.07. The molecule has 0 radical (unpaired) electrons. The molecule has 9 heavy (non-hydrogen) atoms. The van der Waals surface area contributed by atoms with Crippen molar-refractivity contribution in [3.63, 3.8) is 0 Å². The first-order valence-corrected chi connectivity index (χ1v) is 2.35. The molecule has 0 saturated heterocycles. The fourth-order valence-electron chi connectivity index (χ4n) is 0.245. The summed E-state index contributed by atoms with van der Waals surface area (Å²) in [5.74, 6) is -2.77. The van der Waals surface area contributed by atoms with Gasteiger partial charge >= 0.3 is 5.97 Å². The molecule has 0 saturated carbocycles. The van der Waals surface area contributed by atoms with Gasteiger partial charge in [-0.25, -0.2) is 9.18 Å². The van der Waals surface area contributed by atoms with Crippen molar-refractivity contribution in [1.82, 2.24) is 0 Å². The van der Waals surface area contributed by atoms with Gasteiger partial charge in [0, 0.05) is 0 Å². The van der Waals surface area contributed by atoms with Crippen LogP contribution in [0.3, 0.4) is 0 Å². The van der Waals surface area contributed by atoms with Crippen molar-refractivity contribution in [2.24, 2.45) is 0 Å². The van der Waals surface area contributed by atoms with Crippen molar-refractivity contribution in [2.45, 2.75) is 6.92 Å². The Labute approximate surface area is 51.1 Å². The zero-order valence-corrected chi connectivity index (χ0v) is 4.86. The molecular weight excluding hydrogens is 130 g/mol. The normalized spacial score (nSPS) is 11.2. The first-order chi connectivity index (χ1) is 4.22. The number of halogens is 2. The van der Waals surface area contributed by atoms with Crippen molar-refractivity contribution in [2.75, 3.05) is 6.61 Å². The maximum atomic E-state index is 11.7. The lowest BCUT2D eigenvalue weighted by molar-refractivity contribution is -0.140. The summed E-state index contributed by atoms with van der Waals surface area (Å²) in [6.07, 6.45) is -0.433. The van der Waals surface area contributed by atoms with E-state index in [1.54, 1.807) is 0 Å². The summed E-state index contributed by atoms with van der Waals surface area (Å²) in [5, 5.41) is 0. The Morgan fingerprint density at radius 3 is 2.67 bits per heavy atom. The minimum atomic E-state index is -1.50. The van der Waals surface area contributed by atoms with Crippen molar-refractivity contribution in [1.29, 1.82) is 0 Å². The van der Waals surface area contributed by atoms with E-state index in [1.165, 1.54) is 6.92 Å². The molecule has 2 nitrogen and oxygen atoms in total. The van der Waals surface area contributed by atoms with Crippen molar-refractivity contribution in [3.8, 4) is 0 Å².